The number of nitrogens with one attached hydrogen (secondary N) is 1. The van der Waals surface area contributed by atoms with Crippen molar-refractivity contribution in [3.8, 4) is 0 Å². The Labute approximate surface area is 125 Å². The van der Waals surface area contributed by atoms with Gasteiger partial charge in [0.05, 0.1) is 5.69 Å². The van der Waals surface area contributed by atoms with Gasteiger partial charge in [-0.25, -0.2) is 0 Å². The number of anilines is 1. The predicted octanol–water partition coefficient (Wildman–Crippen LogP) is 3.10. The number of aromatic nitrogens is 1. The maximum atomic E-state index is 5.81. The lowest BCUT2D eigenvalue weighted by Gasteiger charge is -2.57. The van der Waals surface area contributed by atoms with Crippen LogP contribution in [0.2, 0.25) is 0 Å². The van der Waals surface area contributed by atoms with Crippen molar-refractivity contribution < 1.29 is 0 Å². The second kappa shape index (κ2) is 4.42. The van der Waals surface area contributed by atoms with Gasteiger partial charge >= 0.3 is 0 Å². The molecule has 5 rings (SSSR count). The third-order valence-corrected chi connectivity index (χ3v) is 5.67. The minimum Gasteiger partial charge on any atom is -0.388 e. The molecule has 4 aliphatic carbocycles. The van der Waals surface area contributed by atoms with Crippen LogP contribution in [0.3, 0.4) is 0 Å². The fourth-order valence-electron chi connectivity index (χ4n) is 5.25. The molecule has 0 amide bonds. The molecule has 0 aliphatic heterocycles. The minimum atomic E-state index is 0.275. The molecular weight excluding hydrogens is 266 g/mol. The van der Waals surface area contributed by atoms with E-state index in [1.807, 2.05) is 6.07 Å². The molecule has 106 valence electrons. The first-order valence-corrected chi connectivity index (χ1v) is 8.07. The zero-order valence-electron chi connectivity index (χ0n) is 11.6. The number of hydrogen-bond donors (Lipinski definition) is 2. The smallest absolute Gasteiger partial charge is 0.124 e. The lowest BCUT2D eigenvalue weighted by Crippen LogP contribution is -2.55. The number of nitrogens with zero attached hydrogens (tertiary/aromatic N) is 1. The van der Waals surface area contributed by atoms with Crippen LogP contribution in [0, 0.1) is 17.8 Å². The van der Waals surface area contributed by atoms with Gasteiger partial charge in [0, 0.05) is 11.7 Å². The lowest BCUT2D eigenvalue weighted by atomic mass is 9.53. The van der Waals surface area contributed by atoms with Crippen LogP contribution in [-0.2, 0) is 0 Å². The fraction of sp³-hybridized carbons (Fsp3) is 0.625. The molecule has 4 aliphatic rings. The topological polar surface area (TPSA) is 50.9 Å². The van der Waals surface area contributed by atoms with E-state index in [0.717, 1.165) is 29.1 Å². The lowest BCUT2D eigenvalue weighted by molar-refractivity contribution is 0.0107. The first-order valence-electron chi connectivity index (χ1n) is 7.66. The molecule has 1 aromatic rings. The Balaban J connectivity index is 1.64. The van der Waals surface area contributed by atoms with Crippen molar-refractivity contribution in [3.05, 3.63) is 24.0 Å². The number of hydrogen-bond acceptors (Lipinski definition) is 3. The van der Waals surface area contributed by atoms with Crippen molar-refractivity contribution >= 4 is 22.9 Å². The normalized spacial score (nSPS) is 37.9. The SMILES string of the molecule is NC(=S)c1ncccc1NC12CC3CC(CC(C3)C1)C2. The van der Waals surface area contributed by atoms with Gasteiger partial charge in [0.25, 0.3) is 0 Å². The summed E-state index contributed by atoms with van der Waals surface area (Å²) in [6.45, 7) is 0. The Hall–Kier alpha value is -1.16. The van der Waals surface area contributed by atoms with Crippen molar-refractivity contribution in [2.45, 2.75) is 44.1 Å². The zero-order valence-corrected chi connectivity index (χ0v) is 12.5. The van der Waals surface area contributed by atoms with Crippen LogP contribution >= 0.6 is 12.2 Å². The highest BCUT2D eigenvalue weighted by Gasteiger charge is 2.51. The molecule has 0 unspecified atom stereocenters. The second-order valence-electron chi connectivity index (χ2n) is 7.09. The summed E-state index contributed by atoms with van der Waals surface area (Å²) in [7, 11) is 0. The molecule has 4 fully saturated rings. The van der Waals surface area contributed by atoms with E-state index in [9.17, 15) is 0 Å². The summed E-state index contributed by atoms with van der Waals surface area (Å²) < 4.78 is 0. The molecule has 0 radical (unpaired) electrons. The Morgan fingerprint density at radius 1 is 1.20 bits per heavy atom. The van der Waals surface area contributed by atoms with Crippen molar-refractivity contribution in [1.82, 2.24) is 4.98 Å². The molecule has 3 N–H and O–H groups in total. The van der Waals surface area contributed by atoms with Crippen molar-refractivity contribution in [2.75, 3.05) is 5.32 Å². The van der Waals surface area contributed by atoms with E-state index in [1.165, 1.54) is 38.5 Å². The summed E-state index contributed by atoms with van der Waals surface area (Å²) in [5.74, 6) is 2.79. The van der Waals surface area contributed by atoms with E-state index in [4.69, 9.17) is 18.0 Å². The molecule has 1 heterocycles. The molecule has 4 bridgehead atoms. The van der Waals surface area contributed by atoms with Gasteiger partial charge in [0.1, 0.15) is 10.7 Å². The van der Waals surface area contributed by atoms with E-state index in [2.05, 4.69) is 16.4 Å². The highest BCUT2D eigenvalue weighted by Crippen LogP contribution is 2.56. The van der Waals surface area contributed by atoms with E-state index in [1.54, 1.807) is 6.20 Å². The summed E-state index contributed by atoms with van der Waals surface area (Å²) >= 11 is 5.13. The largest absolute Gasteiger partial charge is 0.388 e. The molecule has 0 spiro atoms. The second-order valence-corrected chi connectivity index (χ2v) is 7.53. The molecule has 0 saturated heterocycles. The van der Waals surface area contributed by atoms with Gasteiger partial charge < -0.3 is 11.1 Å². The van der Waals surface area contributed by atoms with E-state index < -0.39 is 0 Å². The standard InChI is InChI=1S/C16H21N3S/c17-15(20)14-13(2-1-3-18-14)19-16-7-10-4-11(8-16)6-12(5-10)9-16/h1-3,10-12,19H,4-9H2,(H2,17,20). The van der Waals surface area contributed by atoms with Crippen LogP contribution in [0.25, 0.3) is 0 Å². The maximum absolute atomic E-state index is 5.81. The van der Waals surface area contributed by atoms with Crippen LogP contribution in [0.15, 0.2) is 18.3 Å². The third kappa shape index (κ3) is 2.01. The van der Waals surface area contributed by atoms with Gasteiger partial charge in [0.2, 0.25) is 0 Å². The average molecular weight is 287 g/mol. The molecule has 0 aromatic carbocycles. The van der Waals surface area contributed by atoms with Gasteiger partial charge in [-0.05, 0) is 68.4 Å². The Morgan fingerprint density at radius 3 is 2.35 bits per heavy atom. The monoisotopic (exact) mass is 287 g/mol. The molecule has 4 heteroatoms. The van der Waals surface area contributed by atoms with Crippen molar-refractivity contribution in [1.29, 1.82) is 0 Å². The van der Waals surface area contributed by atoms with Crippen LogP contribution in [-0.4, -0.2) is 15.5 Å². The van der Waals surface area contributed by atoms with Gasteiger partial charge in [0.15, 0.2) is 0 Å². The fourth-order valence-corrected chi connectivity index (χ4v) is 5.41. The molecule has 4 saturated carbocycles. The summed E-state index contributed by atoms with van der Waals surface area (Å²) in [5, 5.41) is 3.81. The quantitative estimate of drug-likeness (QED) is 0.839. The molecule has 0 atom stereocenters. The van der Waals surface area contributed by atoms with Gasteiger partial charge in [-0.2, -0.15) is 0 Å². The maximum Gasteiger partial charge on any atom is 0.124 e. The predicted molar refractivity (Wildman–Crippen MR) is 84.7 cm³/mol. The summed E-state index contributed by atoms with van der Waals surface area (Å²) in [6, 6.07) is 4.03. The van der Waals surface area contributed by atoms with Gasteiger partial charge in [-0.3, -0.25) is 4.98 Å². The van der Waals surface area contributed by atoms with Crippen LogP contribution in [0.5, 0.6) is 0 Å². The number of nitrogens with two attached hydrogens (primary N) is 1. The third-order valence-electron chi connectivity index (χ3n) is 5.48. The van der Waals surface area contributed by atoms with E-state index >= 15 is 0 Å². The number of pyridine rings is 1. The molecule has 1 aromatic heterocycles. The van der Waals surface area contributed by atoms with E-state index in [0.29, 0.717) is 4.99 Å². The first kappa shape index (κ1) is 12.6. The van der Waals surface area contributed by atoms with Gasteiger partial charge in [-0.1, -0.05) is 12.2 Å². The van der Waals surface area contributed by atoms with Crippen molar-refractivity contribution in [2.24, 2.45) is 23.5 Å². The molecule has 20 heavy (non-hydrogen) atoms. The molecular formula is C16H21N3S. The number of thiocarbonyl (C=S) groups is 1. The average Bonchev–Trinajstić information content (AvgIpc) is 2.36. The Morgan fingerprint density at radius 2 is 1.80 bits per heavy atom. The molecule has 3 nitrogen and oxygen atoms in total. The minimum absolute atomic E-state index is 0.275. The van der Waals surface area contributed by atoms with Crippen LogP contribution in [0.1, 0.15) is 44.2 Å². The zero-order chi connectivity index (χ0) is 13.7. The highest BCUT2D eigenvalue weighted by atomic mass is 32.1. The Bertz CT molecular complexity index is 519. The highest BCUT2D eigenvalue weighted by molar-refractivity contribution is 7.80. The summed E-state index contributed by atoms with van der Waals surface area (Å²) in [4.78, 5) is 4.73. The number of rotatable bonds is 3. The Kier molecular flexibility index (Phi) is 2.78. The van der Waals surface area contributed by atoms with E-state index in [-0.39, 0.29) is 5.54 Å². The van der Waals surface area contributed by atoms with Crippen molar-refractivity contribution in [3.63, 3.8) is 0 Å². The first-order chi connectivity index (χ1) is 9.63. The summed E-state index contributed by atoms with van der Waals surface area (Å²) in [6.07, 6.45) is 10.1. The van der Waals surface area contributed by atoms with Crippen LogP contribution < -0.4 is 11.1 Å². The van der Waals surface area contributed by atoms with Gasteiger partial charge in [-0.15, -0.1) is 0 Å². The summed E-state index contributed by atoms with van der Waals surface area (Å²) in [5.41, 5.74) is 7.86. The van der Waals surface area contributed by atoms with Crippen LogP contribution in [0.4, 0.5) is 5.69 Å².